The predicted molar refractivity (Wildman–Crippen MR) is 48.4 cm³/mol. The molecule has 2 unspecified atom stereocenters. The molecule has 4 N–H and O–H groups in total. The highest BCUT2D eigenvalue weighted by Gasteiger charge is 2.23. The van der Waals surface area contributed by atoms with Gasteiger partial charge in [-0.25, -0.2) is 9.59 Å². The van der Waals surface area contributed by atoms with Crippen molar-refractivity contribution in [3.05, 3.63) is 0 Å². The molecule has 0 saturated heterocycles. The Labute approximate surface area is 81.3 Å². The average molecular weight is 202 g/mol. The summed E-state index contributed by atoms with van der Waals surface area (Å²) in [5.41, 5.74) is 0. The molecule has 14 heavy (non-hydrogen) atoms. The van der Waals surface area contributed by atoms with Crippen LogP contribution in [0.2, 0.25) is 0 Å². The molecular formula is C8H14N2O4. The van der Waals surface area contributed by atoms with Crippen molar-refractivity contribution in [3.63, 3.8) is 0 Å². The third-order valence-electron chi connectivity index (χ3n) is 2.33. The smallest absolute Gasteiger partial charge is 0.404 e. The molecule has 80 valence electrons. The number of rotatable bonds is 2. The molecule has 2 amide bonds. The van der Waals surface area contributed by atoms with Crippen LogP contribution in [0.15, 0.2) is 0 Å². The summed E-state index contributed by atoms with van der Waals surface area (Å²) in [7, 11) is 0. The van der Waals surface area contributed by atoms with Gasteiger partial charge in [0, 0.05) is 12.1 Å². The van der Waals surface area contributed by atoms with Gasteiger partial charge in [0.25, 0.3) is 0 Å². The van der Waals surface area contributed by atoms with E-state index in [4.69, 9.17) is 10.2 Å². The Bertz CT molecular complexity index is 209. The summed E-state index contributed by atoms with van der Waals surface area (Å²) in [5.74, 6) is 0. The van der Waals surface area contributed by atoms with Crippen LogP contribution >= 0.6 is 0 Å². The van der Waals surface area contributed by atoms with Gasteiger partial charge in [-0.05, 0) is 25.7 Å². The second kappa shape index (κ2) is 4.69. The zero-order chi connectivity index (χ0) is 10.6. The second-order valence-electron chi connectivity index (χ2n) is 3.46. The predicted octanol–water partition coefficient (Wildman–Crippen LogP) is 0.833. The second-order valence-corrected chi connectivity index (χ2v) is 3.46. The summed E-state index contributed by atoms with van der Waals surface area (Å²) in [4.78, 5) is 20.7. The van der Waals surface area contributed by atoms with Gasteiger partial charge in [0.2, 0.25) is 0 Å². The van der Waals surface area contributed by atoms with Crippen molar-refractivity contribution in [2.75, 3.05) is 0 Å². The zero-order valence-electron chi connectivity index (χ0n) is 7.69. The molecule has 2 atom stereocenters. The van der Waals surface area contributed by atoms with Crippen LogP contribution in [0.5, 0.6) is 0 Å². The molecular weight excluding hydrogens is 188 g/mol. The van der Waals surface area contributed by atoms with Crippen molar-refractivity contribution >= 4 is 12.2 Å². The topological polar surface area (TPSA) is 98.7 Å². The summed E-state index contributed by atoms with van der Waals surface area (Å²) in [6, 6.07) is -0.254. The number of nitrogens with one attached hydrogen (secondary N) is 2. The summed E-state index contributed by atoms with van der Waals surface area (Å²) in [6.07, 6.45) is 0.847. The fourth-order valence-corrected chi connectivity index (χ4v) is 1.80. The largest absolute Gasteiger partial charge is 0.465 e. The molecule has 1 saturated carbocycles. The van der Waals surface area contributed by atoms with Crippen molar-refractivity contribution in [1.29, 1.82) is 0 Å². The zero-order valence-corrected chi connectivity index (χ0v) is 7.69. The lowest BCUT2D eigenvalue weighted by Crippen LogP contribution is -2.45. The summed E-state index contributed by atoms with van der Waals surface area (Å²) in [6.45, 7) is 0. The van der Waals surface area contributed by atoms with E-state index < -0.39 is 12.2 Å². The minimum atomic E-state index is -1.05. The number of hydrogen-bond donors (Lipinski definition) is 4. The minimum absolute atomic E-state index is 0.127. The Balaban J connectivity index is 2.35. The highest BCUT2D eigenvalue weighted by Crippen LogP contribution is 2.18. The Kier molecular flexibility index (Phi) is 3.55. The Morgan fingerprint density at radius 2 is 1.43 bits per heavy atom. The number of amides is 2. The van der Waals surface area contributed by atoms with E-state index in [1.54, 1.807) is 0 Å². The lowest BCUT2D eigenvalue weighted by Gasteiger charge is -2.28. The number of carboxylic acid groups (broad SMARTS) is 2. The molecule has 6 nitrogen and oxygen atoms in total. The van der Waals surface area contributed by atoms with E-state index in [1.165, 1.54) is 0 Å². The van der Waals surface area contributed by atoms with Crippen LogP contribution < -0.4 is 10.6 Å². The van der Waals surface area contributed by atoms with Crippen molar-refractivity contribution in [2.45, 2.75) is 37.8 Å². The summed E-state index contributed by atoms with van der Waals surface area (Å²) < 4.78 is 0. The first-order chi connectivity index (χ1) is 6.58. The maximum Gasteiger partial charge on any atom is 0.404 e. The first-order valence-electron chi connectivity index (χ1n) is 4.57. The van der Waals surface area contributed by atoms with Crippen LogP contribution in [0.4, 0.5) is 9.59 Å². The highest BCUT2D eigenvalue weighted by molar-refractivity contribution is 5.65. The van der Waals surface area contributed by atoms with Crippen LogP contribution in [0.3, 0.4) is 0 Å². The van der Waals surface area contributed by atoms with Gasteiger partial charge in [0.05, 0.1) is 0 Å². The van der Waals surface area contributed by atoms with Crippen LogP contribution in [0.1, 0.15) is 25.7 Å². The van der Waals surface area contributed by atoms with E-state index in [0.29, 0.717) is 6.42 Å². The van der Waals surface area contributed by atoms with Crippen LogP contribution in [0.25, 0.3) is 0 Å². The standard InChI is InChI=1S/C8H14N2O4/c11-7(12)9-5-2-1-3-6(4-5)10-8(13)14/h5-6,9-10H,1-4H2,(H,11,12)(H,13,14). The summed E-state index contributed by atoms with van der Waals surface area (Å²) >= 11 is 0. The number of hydrogen-bond acceptors (Lipinski definition) is 2. The molecule has 0 aromatic heterocycles. The van der Waals surface area contributed by atoms with Gasteiger partial charge in [-0.1, -0.05) is 0 Å². The molecule has 1 fully saturated rings. The van der Waals surface area contributed by atoms with Crippen molar-refractivity contribution in [3.8, 4) is 0 Å². The van der Waals surface area contributed by atoms with E-state index in [2.05, 4.69) is 10.6 Å². The molecule has 0 aromatic carbocycles. The quantitative estimate of drug-likeness (QED) is 0.533. The summed E-state index contributed by atoms with van der Waals surface area (Å²) in [5, 5.41) is 21.7. The van der Waals surface area contributed by atoms with Gasteiger partial charge in [-0.3, -0.25) is 0 Å². The van der Waals surface area contributed by atoms with Gasteiger partial charge < -0.3 is 20.8 Å². The van der Waals surface area contributed by atoms with Gasteiger partial charge in [0.15, 0.2) is 0 Å². The number of carbonyl (C=O) groups is 2. The minimum Gasteiger partial charge on any atom is -0.465 e. The van der Waals surface area contributed by atoms with E-state index >= 15 is 0 Å². The molecule has 1 aliphatic carbocycles. The van der Waals surface area contributed by atoms with E-state index in [0.717, 1.165) is 19.3 Å². The maximum atomic E-state index is 10.3. The molecule has 6 heteroatoms. The van der Waals surface area contributed by atoms with Gasteiger partial charge in [-0.15, -0.1) is 0 Å². The fourth-order valence-electron chi connectivity index (χ4n) is 1.80. The molecule has 0 aromatic rings. The lowest BCUT2D eigenvalue weighted by molar-refractivity contribution is 0.176. The van der Waals surface area contributed by atoms with Gasteiger partial charge in [-0.2, -0.15) is 0 Å². The van der Waals surface area contributed by atoms with E-state index in [9.17, 15) is 9.59 Å². The molecule has 0 aliphatic heterocycles. The Morgan fingerprint density at radius 1 is 1.00 bits per heavy atom. The normalized spacial score (nSPS) is 26.6. The molecule has 0 radical (unpaired) electrons. The van der Waals surface area contributed by atoms with Crippen LogP contribution in [-0.4, -0.2) is 34.5 Å². The van der Waals surface area contributed by atoms with Crippen molar-refractivity contribution in [2.24, 2.45) is 0 Å². The Morgan fingerprint density at radius 3 is 1.79 bits per heavy atom. The van der Waals surface area contributed by atoms with Gasteiger partial charge >= 0.3 is 12.2 Å². The lowest BCUT2D eigenvalue weighted by atomic mass is 9.91. The molecule has 1 rings (SSSR count). The van der Waals surface area contributed by atoms with E-state index in [-0.39, 0.29) is 12.1 Å². The molecule has 0 spiro atoms. The monoisotopic (exact) mass is 202 g/mol. The maximum absolute atomic E-state index is 10.3. The van der Waals surface area contributed by atoms with E-state index in [1.807, 2.05) is 0 Å². The molecule has 0 heterocycles. The first kappa shape index (κ1) is 10.6. The third-order valence-corrected chi connectivity index (χ3v) is 2.33. The molecule has 1 aliphatic rings. The van der Waals surface area contributed by atoms with Crippen LogP contribution in [-0.2, 0) is 0 Å². The average Bonchev–Trinajstić information content (AvgIpc) is 2.01. The highest BCUT2D eigenvalue weighted by atomic mass is 16.4. The third kappa shape index (κ3) is 3.51. The molecule has 0 bridgehead atoms. The van der Waals surface area contributed by atoms with Crippen molar-refractivity contribution < 1.29 is 19.8 Å². The Hall–Kier alpha value is -1.46. The SMILES string of the molecule is O=C(O)NC1CCCC(NC(=O)O)C1. The van der Waals surface area contributed by atoms with Crippen LogP contribution in [0, 0.1) is 0 Å². The van der Waals surface area contributed by atoms with Gasteiger partial charge in [0.1, 0.15) is 0 Å². The van der Waals surface area contributed by atoms with Crippen molar-refractivity contribution in [1.82, 2.24) is 10.6 Å². The fraction of sp³-hybridized carbons (Fsp3) is 0.750. The first-order valence-corrected chi connectivity index (χ1v) is 4.57.